The van der Waals surface area contributed by atoms with E-state index in [9.17, 15) is 4.79 Å². The van der Waals surface area contributed by atoms with Crippen LogP contribution < -0.4 is 5.69 Å². The number of hydrogen-bond acceptors (Lipinski definition) is 1. The molecule has 0 spiro atoms. The fourth-order valence-corrected chi connectivity index (χ4v) is 2.10. The quantitative estimate of drug-likeness (QED) is 0.652. The van der Waals surface area contributed by atoms with Crippen molar-refractivity contribution in [1.82, 2.24) is 9.13 Å². The molecule has 14 heavy (non-hydrogen) atoms. The summed E-state index contributed by atoms with van der Waals surface area (Å²) in [5.74, 6) is 0. The van der Waals surface area contributed by atoms with Gasteiger partial charge in [-0.3, -0.25) is 9.13 Å². The van der Waals surface area contributed by atoms with E-state index in [1.54, 1.807) is 23.2 Å². The average molecular weight is 211 g/mol. The molecule has 0 aliphatic heterocycles. The summed E-state index contributed by atoms with van der Waals surface area (Å²) in [5, 5.41) is 0.663. The van der Waals surface area contributed by atoms with Gasteiger partial charge in [-0.2, -0.15) is 0 Å². The van der Waals surface area contributed by atoms with Crippen LogP contribution in [0.1, 0.15) is 5.56 Å². The van der Waals surface area contributed by atoms with Crippen LogP contribution in [0.5, 0.6) is 0 Å². The molecule has 0 amide bonds. The third-order valence-electron chi connectivity index (χ3n) is 2.52. The zero-order valence-electron chi connectivity index (χ0n) is 8.34. The smallest absolute Gasteiger partial charge is 0.295 e. The zero-order chi connectivity index (χ0) is 10.5. The molecular weight excluding hydrogens is 200 g/mol. The SMILES string of the molecule is Cc1cc(Cl)cc2c1n(C)c(=O)n2C. The highest BCUT2D eigenvalue weighted by Crippen LogP contribution is 2.21. The van der Waals surface area contributed by atoms with Gasteiger partial charge in [0.1, 0.15) is 0 Å². The summed E-state index contributed by atoms with van der Waals surface area (Å²) in [5.41, 5.74) is 2.82. The molecule has 2 rings (SSSR count). The summed E-state index contributed by atoms with van der Waals surface area (Å²) in [4.78, 5) is 11.6. The molecule has 0 aliphatic rings. The molecule has 1 heterocycles. The normalized spacial score (nSPS) is 11.1. The maximum Gasteiger partial charge on any atom is 0.328 e. The number of imidazole rings is 1. The Labute approximate surface area is 86.5 Å². The minimum absolute atomic E-state index is 0.0228. The summed E-state index contributed by atoms with van der Waals surface area (Å²) < 4.78 is 3.25. The summed E-state index contributed by atoms with van der Waals surface area (Å²) >= 11 is 5.93. The molecule has 2 aromatic rings. The van der Waals surface area contributed by atoms with E-state index in [1.807, 2.05) is 19.1 Å². The minimum Gasteiger partial charge on any atom is -0.295 e. The molecule has 4 heteroatoms. The Bertz CT molecular complexity index is 565. The van der Waals surface area contributed by atoms with Gasteiger partial charge in [-0.25, -0.2) is 4.79 Å². The molecule has 0 aliphatic carbocycles. The topological polar surface area (TPSA) is 26.9 Å². The summed E-state index contributed by atoms with van der Waals surface area (Å²) in [7, 11) is 3.52. The molecule has 0 N–H and O–H groups in total. The lowest BCUT2D eigenvalue weighted by molar-refractivity contribution is 0.794. The van der Waals surface area contributed by atoms with E-state index in [2.05, 4.69) is 0 Å². The highest BCUT2D eigenvalue weighted by Gasteiger charge is 2.10. The first-order valence-electron chi connectivity index (χ1n) is 4.34. The summed E-state index contributed by atoms with van der Waals surface area (Å²) in [6, 6.07) is 3.68. The monoisotopic (exact) mass is 210 g/mol. The van der Waals surface area contributed by atoms with Crippen LogP contribution in [0.3, 0.4) is 0 Å². The van der Waals surface area contributed by atoms with Gasteiger partial charge in [-0.05, 0) is 24.6 Å². The molecule has 0 bridgehead atoms. The Morgan fingerprint density at radius 3 is 2.50 bits per heavy atom. The van der Waals surface area contributed by atoms with E-state index >= 15 is 0 Å². The van der Waals surface area contributed by atoms with Gasteiger partial charge in [0, 0.05) is 19.1 Å². The van der Waals surface area contributed by atoms with Crippen molar-refractivity contribution >= 4 is 22.6 Å². The zero-order valence-corrected chi connectivity index (χ0v) is 9.09. The van der Waals surface area contributed by atoms with E-state index < -0.39 is 0 Å². The number of fused-ring (bicyclic) bond motifs is 1. The van der Waals surface area contributed by atoms with Gasteiger partial charge in [0.05, 0.1) is 11.0 Å². The summed E-state index contributed by atoms with van der Waals surface area (Å²) in [6.45, 7) is 1.95. The molecule has 74 valence electrons. The Balaban J connectivity index is 3.10. The predicted octanol–water partition coefficient (Wildman–Crippen LogP) is 1.84. The number of aryl methyl sites for hydroxylation is 3. The maximum absolute atomic E-state index is 11.6. The van der Waals surface area contributed by atoms with E-state index in [1.165, 1.54) is 0 Å². The number of hydrogen-bond donors (Lipinski definition) is 0. The second-order valence-corrected chi connectivity index (χ2v) is 3.93. The van der Waals surface area contributed by atoms with Crippen molar-refractivity contribution in [3.8, 4) is 0 Å². The van der Waals surface area contributed by atoms with Crippen LogP contribution in [0.15, 0.2) is 16.9 Å². The van der Waals surface area contributed by atoms with Crippen LogP contribution in [0.4, 0.5) is 0 Å². The molecular formula is C10H11ClN2O. The third kappa shape index (κ3) is 1.09. The lowest BCUT2D eigenvalue weighted by Gasteiger charge is -2.00. The number of halogens is 1. The summed E-state index contributed by atoms with van der Waals surface area (Å²) in [6.07, 6.45) is 0. The molecule has 0 saturated heterocycles. The van der Waals surface area contributed by atoms with Crippen molar-refractivity contribution < 1.29 is 0 Å². The Hall–Kier alpha value is -1.22. The van der Waals surface area contributed by atoms with Gasteiger partial charge in [-0.1, -0.05) is 11.6 Å². The number of rotatable bonds is 0. The first-order valence-corrected chi connectivity index (χ1v) is 4.71. The van der Waals surface area contributed by atoms with E-state index in [4.69, 9.17) is 11.6 Å². The van der Waals surface area contributed by atoms with Gasteiger partial charge in [0.15, 0.2) is 0 Å². The number of aromatic nitrogens is 2. The lowest BCUT2D eigenvalue weighted by Crippen LogP contribution is -2.19. The van der Waals surface area contributed by atoms with Crippen molar-refractivity contribution in [3.05, 3.63) is 33.2 Å². The van der Waals surface area contributed by atoms with Gasteiger partial charge in [-0.15, -0.1) is 0 Å². The van der Waals surface area contributed by atoms with Crippen LogP contribution in [0.2, 0.25) is 5.02 Å². The first-order chi connectivity index (χ1) is 6.52. The van der Waals surface area contributed by atoms with Crippen molar-refractivity contribution in [2.75, 3.05) is 0 Å². The van der Waals surface area contributed by atoms with Gasteiger partial charge >= 0.3 is 5.69 Å². The van der Waals surface area contributed by atoms with Crippen molar-refractivity contribution in [2.24, 2.45) is 14.1 Å². The Morgan fingerprint density at radius 1 is 1.21 bits per heavy atom. The first kappa shape index (κ1) is 9.34. The fourth-order valence-electron chi connectivity index (χ4n) is 1.83. The molecule has 0 unspecified atom stereocenters. The molecule has 0 atom stereocenters. The van der Waals surface area contributed by atoms with E-state index in [0.717, 1.165) is 16.6 Å². The molecule has 1 aromatic carbocycles. The third-order valence-corrected chi connectivity index (χ3v) is 2.73. The second-order valence-electron chi connectivity index (χ2n) is 3.49. The van der Waals surface area contributed by atoms with E-state index in [0.29, 0.717) is 5.02 Å². The molecule has 0 saturated carbocycles. The minimum atomic E-state index is -0.0228. The Morgan fingerprint density at radius 2 is 1.86 bits per heavy atom. The highest BCUT2D eigenvalue weighted by molar-refractivity contribution is 6.31. The highest BCUT2D eigenvalue weighted by atomic mass is 35.5. The molecule has 0 fully saturated rings. The van der Waals surface area contributed by atoms with Crippen molar-refractivity contribution in [1.29, 1.82) is 0 Å². The molecule has 3 nitrogen and oxygen atoms in total. The van der Waals surface area contributed by atoms with Gasteiger partial charge < -0.3 is 0 Å². The number of benzene rings is 1. The average Bonchev–Trinajstić information content (AvgIpc) is 2.31. The molecule has 0 radical (unpaired) electrons. The molecule has 1 aromatic heterocycles. The maximum atomic E-state index is 11.6. The van der Waals surface area contributed by atoms with Crippen LogP contribution >= 0.6 is 11.6 Å². The standard InChI is InChI=1S/C10H11ClN2O/c1-6-4-7(11)5-8-9(6)13(3)10(14)12(8)2/h4-5H,1-3H3. The van der Waals surface area contributed by atoms with E-state index in [-0.39, 0.29) is 5.69 Å². The van der Waals surface area contributed by atoms with Crippen molar-refractivity contribution in [3.63, 3.8) is 0 Å². The fraction of sp³-hybridized carbons (Fsp3) is 0.300. The predicted molar refractivity (Wildman–Crippen MR) is 57.9 cm³/mol. The van der Waals surface area contributed by atoms with Gasteiger partial charge in [0.2, 0.25) is 0 Å². The second kappa shape index (κ2) is 2.89. The lowest BCUT2D eigenvalue weighted by atomic mass is 10.2. The van der Waals surface area contributed by atoms with Crippen LogP contribution in [0.25, 0.3) is 11.0 Å². The van der Waals surface area contributed by atoms with Gasteiger partial charge in [0.25, 0.3) is 0 Å². The number of nitrogens with zero attached hydrogens (tertiary/aromatic N) is 2. The van der Waals surface area contributed by atoms with Crippen LogP contribution in [-0.2, 0) is 14.1 Å². The van der Waals surface area contributed by atoms with Crippen molar-refractivity contribution in [2.45, 2.75) is 6.92 Å². The largest absolute Gasteiger partial charge is 0.328 e. The Kier molecular flexibility index (Phi) is 1.93. The van der Waals surface area contributed by atoms with Crippen LogP contribution in [0, 0.1) is 6.92 Å². The van der Waals surface area contributed by atoms with Crippen LogP contribution in [-0.4, -0.2) is 9.13 Å².